The minimum atomic E-state index is -2.05. The summed E-state index contributed by atoms with van der Waals surface area (Å²) in [7, 11) is 1.64. The van der Waals surface area contributed by atoms with Crippen LogP contribution in [0, 0.1) is 0 Å². The zero-order chi connectivity index (χ0) is 13.3. The molecule has 0 N–H and O–H groups in total. The van der Waals surface area contributed by atoms with Crippen molar-refractivity contribution in [2.24, 2.45) is 0 Å². The molecule has 0 heterocycles. The van der Waals surface area contributed by atoms with E-state index in [0.717, 1.165) is 0 Å². The molecule has 0 aliphatic carbocycles. The van der Waals surface area contributed by atoms with Crippen molar-refractivity contribution >= 4 is 13.6 Å². The first-order valence-electron chi connectivity index (χ1n) is 5.98. The lowest BCUT2D eigenvalue weighted by Crippen LogP contribution is -2.58. The zero-order valence-corrected chi connectivity index (χ0v) is 12.7. The standard InChI is InChI=1S/C14H23NOSi/c1-14(2,12-10-8-7-9-11-12)17(5,6)13(16)15(3)4/h7-11H,1-6H3. The van der Waals surface area contributed by atoms with E-state index in [-0.39, 0.29) is 5.04 Å². The zero-order valence-electron chi connectivity index (χ0n) is 11.7. The van der Waals surface area contributed by atoms with Crippen LogP contribution < -0.4 is 0 Å². The van der Waals surface area contributed by atoms with Crippen LogP contribution in [-0.4, -0.2) is 32.6 Å². The van der Waals surface area contributed by atoms with E-state index in [1.807, 2.05) is 32.3 Å². The molecular formula is C14H23NOSi. The Morgan fingerprint density at radius 1 is 1.12 bits per heavy atom. The number of amides is 1. The monoisotopic (exact) mass is 249 g/mol. The molecule has 0 aromatic heterocycles. The molecule has 1 rings (SSSR count). The van der Waals surface area contributed by atoms with E-state index in [1.165, 1.54) is 5.56 Å². The third-order valence-electron chi connectivity index (χ3n) is 4.00. The average Bonchev–Trinajstić information content (AvgIpc) is 2.28. The van der Waals surface area contributed by atoms with Crippen LogP contribution in [-0.2, 0) is 5.04 Å². The molecule has 0 saturated heterocycles. The molecule has 17 heavy (non-hydrogen) atoms. The van der Waals surface area contributed by atoms with Crippen molar-refractivity contribution < 1.29 is 4.79 Å². The lowest BCUT2D eigenvalue weighted by atomic mass is 10.0. The molecule has 0 atom stereocenters. The molecule has 1 amide bonds. The van der Waals surface area contributed by atoms with Gasteiger partial charge >= 0.3 is 0 Å². The van der Waals surface area contributed by atoms with Gasteiger partial charge in [0.1, 0.15) is 0 Å². The van der Waals surface area contributed by atoms with Gasteiger partial charge in [0, 0.05) is 14.1 Å². The fourth-order valence-corrected chi connectivity index (χ4v) is 4.58. The molecule has 94 valence electrons. The summed E-state index contributed by atoms with van der Waals surface area (Å²) in [6.07, 6.45) is 0. The van der Waals surface area contributed by atoms with Gasteiger partial charge < -0.3 is 4.90 Å². The molecule has 0 spiro atoms. The van der Waals surface area contributed by atoms with Crippen LogP contribution in [0.4, 0.5) is 4.79 Å². The highest BCUT2D eigenvalue weighted by Crippen LogP contribution is 2.34. The Morgan fingerprint density at radius 3 is 2.00 bits per heavy atom. The van der Waals surface area contributed by atoms with E-state index in [9.17, 15) is 4.79 Å². The second-order valence-corrected chi connectivity index (χ2v) is 10.7. The van der Waals surface area contributed by atoms with Crippen LogP contribution in [0.15, 0.2) is 30.3 Å². The normalized spacial score (nSPS) is 12.4. The number of benzene rings is 1. The number of nitrogens with zero attached hydrogens (tertiary/aromatic N) is 1. The number of hydrogen-bond donors (Lipinski definition) is 0. The van der Waals surface area contributed by atoms with Gasteiger partial charge in [0.2, 0.25) is 0 Å². The van der Waals surface area contributed by atoms with Gasteiger partial charge in [-0.2, -0.15) is 0 Å². The lowest BCUT2D eigenvalue weighted by Gasteiger charge is -2.40. The minimum Gasteiger partial charge on any atom is -0.353 e. The van der Waals surface area contributed by atoms with Gasteiger partial charge in [-0.15, -0.1) is 0 Å². The summed E-state index contributed by atoms with van der Waals surface area (Å²) in [4.78, 5) is 14.1. The van der Waals surface area contributed by atoms with Crippen molar-refractivity contribution in [2.75, 3.05) is 14.1 Å². The third kappa shape index (κ3) is 2.44. The fraction of sp³-hybridized carbons (Fsp3) is 0.500. The third-order valence-corrected chi connectivity index (χ3v) is 8.93. The Hall–Kier alpha value is -1.09. The Morgan fingerprint density at radius 2 is 1.59 bits per heavy atom. The Kier molecular flexibility index (Phi) is 3.82. The largest absolute Gasteiger partial charge is 0.353 e. The summed E-state index contributed by atoms with van der Waals surface area (Å²) in [5.41, 5.74) is 1.55. The smallest absolute Gasteiger partial charge is 0.194 e. The van der Waals surface area contributed by atoms with Crippen LogP contribution in [0.25, 0.3) is 0 Å². The van der Waals surface area contributed by atoms with Gasteiger partial charge in [-0.3, -0.25) is 4.79 Å². The lowest BCUT2D eigenvalue weighted by molar-refractivity contribution is 0.236. The van der Waals surface area contributed by atoms with E-state index in [4.69, 9.17) is 0 Å². The summed E-state index contributed by atoms with van der Waals surface area (Å²) in [5.74, 6) is 0. The molecule has 3 heteroatoms. The first-order chi connectivity index (χ1) is 7.71. The van der Waals surface area contributed by atoms with Crippen molar-refractivity contribution in [1.82, 2.24) is 4.90 Å². The van der Waals surface area contributed by atoms with Crippen LogP contribution in [0.2, 0.25) is 13.1 Å². The summed E-state index contributed by atoms with van der Waals surface area (Å²) in [5, 5.41) is -0.0599. The molecule has 0 unspecified atom stereocenters. The van der Waals surface area contributed by atoms with Crippen molar-refractivity contribution in [3.63, 3.8) is 0 Å². The van der Waals surface area contributed by atoms with Crippen molar-refractivity contribution in [1.29, 1.82) is 0 Å². The maximum Gasteiger partial charge on any atom is 0.194 e. The van der Waals surface area contributed by atoms with Crippen LogP contribution in [0.3, 0.4) is 0 Å². The van der Waals surface area contributed by atoms with E-state index in [2.05, 4.69) is 39.1 Å². The highest BCUT2D eigenvalue weighted by Gasteiger charge is 2.47. The van der Waals surface area contributed by atoms with Gasteiger partial charge in [-0.05, 0) is 10.6 Å². The fourth-order valence-electron chi connectivity index (χ4n) is 2.04. The van der Waals surface area contributed by atoms with E-state index in [1.54, 1.807) is 4.90 Å². The number of carbonyl (C=O) groups excluding carboxylic acids is 1. The van der Waals surface area contributed by atoms with Crippen LogP contribution in [0.5, 0.6) is 0 Å². The first-order valence-corrected chi connectivity index (χ1v) is 8.98. The highest BCUT2D eigenvalue weighted by molar-refractivity contribution is 7.05. The van der Waals surface area contributed by atoms with E-state index in [0.29, 0.717) is 5.53 Å². The number of hydrogen-bond acceptors (Lipinski definition) is 1. The number of rotatable bonds is 3. The van der Waals surface area contributed by atoms with Gasteiger partial charge in [0.05, 0.1) is 0 Å². The Balaban J connectivity index is 3.18. The molecule has 0 saturated carbocycles. The summed E-state index contributed by atoms with van der Waals surface area (Å²) in [6.45, 7) is 8.69. The maximum atomic E-state index is 12.4. The van der Waals surface area contributed by atoms with Crippen LogP contribution >= 0.6 is 0 Å². The van der Waals surface area contributed by atoms with Crippen molar-refractivity contribution in [3.8, 4) is 0 Å². The summed E-state index contributed by atoms with van der Waals surface area (Å²) < 4.78 is 0. The van der Waals surface area contributed by atoms with E-state index < -0.39 is 8.07 Å². The molecule has 0 fully saturated rings. The predicted octanol–water partition coefficient (Wildman–Crippen LogP) is 3.48. The number of carbonyl (C=O) groups is 1. The molecule has 2 nitrogen and oxygen atoms in total. The quantitative estimate of drug-likeness (QED) is 0.751. The Labute approximate surface area is 106 Å². The predicted molar refractivity (Wildman–Crippen MR) is 76.0 cm³/mol. The summed E-state index contributed by atoms with van der Waals surface area (Å²) >= 11 is 0. The second-order valence-electron chi connectivity index (χ2n) is 5.82. The molecular weight excluding hydrogens is 226 g/mol. The van der Waals surface area contributed by atoms with Crippen molar-refractivity contribution in [2.45, 2.75) is 32.0 Å². The van der Waals surface area contributed by atoms with Crippen molar-refractivity contribution in [3.05, 3.63) is 35.9 Å². The van der Waals surface area contributed by atoms with Gasteiger partial charge in [-0.25, -0.2) is 0 Å². The molecule has 0 aliphatic heterocycles. The molecule has 0 bridgehead atoms. The molecule has 0 radical (unpaired) electrons. The molecule has 1 aromatic rings. The topological polar surface area (TPSA) is 20.3 Å². The Bertz CT molecular complexity index is 396. The van der Waals surface area contributed by atoms with E-state index >= 15 is 0 Å². The van der Waals surface area contributed by atoms with Gasteiger partial charge in [0.15, 0.2) is 13.6 Å². The molecule has 1 aromatic carbocycles. The van der Waals surface area contributed by atoms with Gasteiger partial charge in [0.25, 0.3) is 0 Å². The average molecular weight is 249 g/mol. The second kappa shape index (κ2) is 4.65. The van der Waals surface area contributed by atoms with Gasteiger partial charge in [-0.1, -0.05) is 57.3 Å². The summed E-state index contributed by atoms with van der Waals surface area (Å²) in [6, 6.07) is 10.3. The SMILES string of the molecule is CN(C)C(=O)[Si](C)(C)C(C)(C)c1ccccc1. The molecule has 0 aliphatic rings. The van der Waals surface area contributed by atoms with Crippen LogP contribution in [0.1, 0.15) is 19.4 Å². The highest BCUT2D eigenvalue weighted by atomic mass is 28.3. The first kappa shape index (κ1) is 14.0. The minimum absolute atomic E-state index is 0.0599. The maximum absolute atomic E-state index is 12.4.